The van der Waals surface area contributed by atoms with Crippen molar-refractivity contribution in [2.75, 3.05) is 17.7 Å². The number of nitrogens with one attached hydrogen (secondary N) is 2. The van der Waals surface area contributed by atoms with Crippen molar-refractivity contribution >= 4 is 28.3 Å². The average Bonchev–Trinajstić information content (AvgIpc) is 3.46. The normalized spacial score (nSPS) is 13.7. The zero-order valence-electron chi connectivity index (χ0n) is 13.7. The van der Waals surface area contributed by atoms with Crippen LogP contribution in [0.2, 0.25) is 0 Å². The molecule has 6 heteroatoms. The van der Waals surface area contributed by atoms with Crippen molar-refractivity contribution in [2.24, 2.45) is 5.92 Å². The Kier molecular flexibility index (Phi) is 3.80. The highest BCUT2D eigenvalue weighted by atomic mass is 19.1. The fraction of sp³-hybridized carbons (Fsp3) is 0.211. The van der Waals surface area contributed by atoms with Crippen LogP contribution in [0, 0.1) is 11.7 Å². The monoisotopic (exact) mass is 336 g/mol. The van der Waals surface area contributed by atoms with E-state index in [1.807, 2.05) is 12.1 Å². The molecular weight excluding hydrogens is 319 g/mol. The molecular formula is C19H17FN4O. The summed E-state index contributed by atoms with van der Waals surface area (Å²) in [6, 6.07) is 8.20. The molecule has 0 saturated heterocycles. The lowest BCUT2D eigenvalue weighted by molar-refractivity contribution is -0.117. The molecule has 0 spiro atoms. The lowest BCUT2D eigenvalue weighted by Crippen LogP contribution is -2.14. The first-order valence-corrected chi connectivity index (χ1v) is 8.19. The molecule has 0 bridgehead atoms. The van der Waals surface area contributed by atoms with Crippen LogP contribution in [-0.2, 0) is 4.79 Å². The molecule has 1 aliphatic carbocycles. The molecule has 1 aromatic carbocycles. The number of anilines is 2. The highest BCUT2D eigenvalue weighted by Crippen LogP contribution is 2.34. The Balaban J connectivity index is 1.85. The van der Waals surface area contributed by atoms with E-state index in [0.29, 0.717) is 11.6 Å². The first kappa shape index (κ1) is 15.5. The minimum absolute atomic E-state index is 0.00190. The van der Waals surface area contributed by atoms with Crippen LogP contribution in [0.1, 0.15) is 12.8 Å². The lowest BCUT2D eigenvalue weighted by atomic mass is 10.0. The topological polar surface area (TPSA) is 66.9 Å². The van der Waals surface area contributed by atoms with Gasteiger partial charge in [0.15, 0.2) is 0 Å². The molecule has 0 aliphatic heterocycles. The lowest BCUT2D eigenvalue weighted by Gasteiger charge is -2.12. The predicted octanol–water partition coefficient (Wildman–Crippen LogP) is 3.83. The number of aromatic nitrogens is 2. The molecule has 0 radical (unpaired) electrons. The molecule has 2 aromatic heterocycles. The number of hydrogen-bond acceptors (Lipinski definition) is 4. The summed E-state index contributed by atoms with van der Waals surface area (Å²) >= 11 is 0. The number of pyridine rings is 2. The molecule has 5 nitrogen and oxygen atoms in total. The Bertz CT molecular complexity index is 969. The molecule has 4 rings (SSSR count). The van der Waals surface area contributed by atoms with E-state index in [1.54, 1.807) is 25.5 Å². The van der Waals surface area contributed by atoms with E-state index >= 15 is 0 Å². The number of rotatable bonds is 4. The highest BCUT2D eigenvalue weighted by Gasteiger charge is 2.29. The Morgan fingerprint density at radius 2 is 2.00 bits per heavy atom. The van der Waals surface area contributed by atoms with Gasteiger partial charge in [0.1, 0.15) is 17.5 Å². The summed E-state index contributed by atoms with van der Waals surface area (Å²) in [4.78, 5) is 20.7. The van der Waals surface area contributed by atoms with Gasteiger partial charge in [0.05, 0.1) is 0 Å². The molecule has 2 N–H and O–H groups in total. The van der Waals surface area contributed by atoms with Crippen LogP contribution in [0.5, 0.6) is 0 Å². The number of benzene rings is 1. The molecule has 1 aliphatic rings. The van der Waals surface area contributed by atoms with Gasteiger partial charge in [0.2, 0.25) is 5.91 Å². The van der Waals surface area contributed by atoms with Crippen LogP contribution < -0.4 is 10.6 Å². The number of nitrogens with zero attached hydrogens (tertiary/aromatic N) is 2. The van der Waals surface area contributed by atoms with Crippen LogP contribution in [0.25, 0.3) is 21.9 Å². The minimum atomic E-state index is -0.306. The Hall–Kier alpha value is -3.02. The van der Waals surface area contributed by atoms with Gasteiger partial charge in [-0.1, -0.05) is 12.1 Å². The van der Waals surface area contributed by atoms with Gasteiger partial charge >= 0.3 is 0 Å². The van der Waals surface area contributed by atoms with Crippen molar-refractivity contribution in [3.63, 3.8) is 0 Å². The van der Waals surface area contributed by atoms with Gasteiger partial charge in [-0.3, -0.25) is 4.79 Å². The van der Waals surface area contributed by atoms with E-state index in [9.17, 15) is 9.18 Å². The first-order valence-electron chi connectivity index (χ1n) is 8.19. The van der Waals surface area contributed by atoms with E-state index in [-0.39, 0.29) is 17.6 Å². The van der Waals surface area contributed by atoms with Crippen molar-refractivity contribution in [1.29, 1.82) is 0 Å². The van der Waals surface area contributed by atoms with Crippen molar-refractivity contribution in [1.82, 2.24) is 9.97 Å². The fourth-order valence-corrected chi connectivity index (χ4v) is 2.86. The summed E-state index contributed by atoms with van der Waals surface area (Å²) in [5.74, 6) is 0.977. The molecule has 3 aromatic rings. The first-order chi connectivity index (χ1) is 12.2. The summed E-state index contributed by atoms with van der Waals surface area (Å²) in [5.41, 5.74) is 1.52. The van der Waals surface area contributed by atoms with E-state index in [2.05, 4.69) is 20.6 Å². The number of fused-ring (bicyclic) bond motifs is 1. The van der Waals surface area contributed by atoms with Crippen LogP contribution in [0.3, 0.4) is 0 Å². The van der Waals surface area contributed by atoms with Gasteiger partial charge in [-0.25, -0.2) is 14.4 Å². The largest absolute Gasteiger partial charge is 0.373 e. The predicted molar refractivity (Wildman–Crippen MR) is 95.8 cm³/mol. The maximum atomic E-state index is 13.6. The molecule has 1 amide bonds. The van der Waals surface area contributed by atoms with Gasteiger partial charge in [-0.05, 0) is 42.0 Å². The van der Waals surface area contributed by atoms with Gasteiger partial charge in [-0.2, -0.15) is 0 Å². The summed E-state index contributed by atoms with van der Waals surface area (Å²) < 4.78 is 13.6. The molecule has 0 unspecified atom stereocenters. The third-order valence-electron chi connectivity index (χ3n) is 4.34. The van der Waals surface area contributed by atoms with Crippen molar-refractivity contribution in [3.05, 3.63) is 48.5 Å². The highest BCUT2D eigenvalue weighted by molar-refractivity contribution is 6.03. The van der Waals surface area contributed by atoms with Crippen LogP contribution in [0.4, 0.5) is 16.0 Å². The van der Waals surface area contributed by atoms with Gasteiger partial charge in [0, 0.05) is 36.3 Å². The summed E-state index contributed by atoms with van der Waals surface area (Å²) in [6.07, 6.45) is 5.25. The van der Waals surface area contributed by atoms with Gasteiger partial charge < -0.3 is 10.6 Å². The summed E-state index contributed by atoms with van der Waals surface area (Å²) in [7, 11) is 1.78. The third-order valence-corrected chi connectivity index (χ3v) is 4.34. The number of carbonyl (C=O) groups excluding carboxylic acids is 1. The van der Waals surface area contributed by atoms with Crippen molar-refractivity contribution < 1.29 is 9.18 Å². The second kappa shape index (κ2) is 6.12. The number of carbonyl (C=O) groups is 1. The number of halogens is 1. The Labute approximate surface area is 144 Å². The second-order valence-corrected chi connectivity index (χ2v) is 6.16. The van der Waals surface area contributed by atoms with Crippen LogP contribution in [-0.4, -0.2) is 22.9 Å². The van der Waals surface area contributed by atoms with Crippen LogP contribution >= 0.6 is 0 Å². The fourth-order valence-electron chi connectivity index (χ4n) is 2.86. The molecule has 1 saturated carbocycles. The molecule has 126 valence electrons. The maximum Gasteiger partial charge on any atom is 0.228 e. The van der Waals surface area contributed by atoms with Crippen molar-refractivity contribution in [2.45, 2.75) is 12.8 Å². The zero-order chi connectivity index (χ0) is 17.4. The van der Waals surface area contributed by atoms with E-state index in [4.69, 9.17) is 0 Å². The van der Waals surface area contributed by atoms with Gasteiger partial charge in [-0.15, -0.1) is 0 Å². The minimum Gasteiger partial charge on any atom is -0.373 e. The second-order valence-electron chi connectivity index (χ2n) is 6.16. The Morgan fingerprint density at radius 1 is 1.16 bits per heavy atom. The zero-order valence-corrected chi connectivity index (χ0v) is 13.7. The molecule has 0 atom stereocenters. The Morgan fingerprint density at radius 3 is 2.72 bits per heavy atom. The smallest absolute Gasteiger partial charge is 0.228 e. The molecule has 25 heavy (non-hydrogen) atoms. The average molecular weight is 336 g/mol. The summed E-state index contributed by atoms with van der Waals surface area (Å²) in [5, 5.41) is 7.56. The third kappa shape index (κ3) is 3.03. The number of hydrogen-bond donors (Lipinski definition) is 2. The SMILES string of the molecule is CNc1ncc(-c2cccc(F)c2)c2cc(NC(=O)C3CC3)ncc12. The van der Waals surface area contributed by atoms with E-state index in [1.165, 1.54) is 12.1 Å². The van der Waals surface area contributed by atoms with E-state index < -0.39 is 0 Å². The summed E-state index contributed by atoms with van der Waals surface area (Å²) in [6.45, 7) is 0. The number of amides is 1. The molecule has 2 heterocycles. The molecule has 1 fully saturated rings. The quantitative estimate of drug-likeness (QED) is 0.760. The van der Waals surface area contributed by atoms with Crippen LogP contribution in [0.15, 0.2) is 42.7 Å². The van der Waals surface area contributed by atoms with E-state index in [0.717, 1.165) is 34.7 Å². The van der Waals surface area contributed by atoms with Crippen molar-refractivity contribution in [3.8, 4) is 11.1 Å². The standard InChI is InChI=1S/C19H17FN4O/c1-21-18-16-10-22-17(24-19(25)11-5-6-11)8-14(16)15(9-23-18)12-3-2-4-13(20)7-12/h2-4,7-11H,5-6H2,1H3,(H,21,23)(H,22,24,25). The maximum absolute atomic E-state index is 13.6. The van der Waals surface area contributed by atoms with Gasteiger partial charge in [0.25, 0.3) is 0 Å².